The molecule has 3 aromatic heterocycles. The molecule has 5 nitrogen and oxygen atoms in total. The summed E-state index contributed by atoms with van der Waals surface area (Å²) in [5, 5.41) is 1.61. The molecular weight excluding hydrogens is 354 g/mol. The Morgan fingerprint density at radius 3 is 2.88 bits per heavy atom. The van der Waals surface area contributed by atoms with Gasteiger partial charge in [0.2, 0.25) is 5.78 Å². The highest BCUT2D eigenvalue weighted by molar-refractivity contribution is 7.98. The van der Waals surface area contributed by atoms with Crippen molar-refractivity contribution in [2.24, 2.45) is 0 Å². The zero-order valence-corrected chi connectivity index (χ0v) is 15.4. The lowest BCUT2D eigenvalue weighted by Gasteiger charge is -2.07. The molecule has 0 aliphatic rings. The number of hydrogen-bond donors (Lipinski definition) is 0. The molecule has 0 aliphatic heterocycles. The fourth-order valence-electron chi connectivity index (χ4n) is 2.75. The van der Waals surface area contributed by atoms with E-state index in [-0.39, 0.29) is 0 Å². The maximum atomic E-state index is 6.10. The summed E-state index contributed by atoms with van der Waals surface area (Å²) >= 11 is 7.74. The molecule has 0 saturated carbocycles. The van der Waals surface area contributed by atoms with Crippen LogP contribution in [0.2, 0.25) is 5.02 Å². The van der Waals surface area contributed by atoms with Crippen LogP contribution in [0, 0.1) is 13.8 Å². The molecule has 4 rings (SSSR count). The summed E-state index contributed by atoms with van der Waals surface area (Å²) in [6, 6.07) is 9.79. The quantitative estimate of drug-likeness (QED) is 0.498. The van der Waals surface area contributed by atoms with Crippen LogP contribution in [0.3, 0.4) is 0 Å². The van der Waals surface area contributed by atoms with Gasteiger partial charge in [0.15, 0.2) is 5.16 Å². The third-order valence-electron chi connectivity index (χ3n) is 3.85. The van der Waals surface area contributed by atoms with Crippen molar-refractivity contribution in [3.63, 3.8) is 0 Å². The maximum absolute atomic E-state index is 6.10. The first-order valence-corrected chi connectivity index (χ1v) is 9.21. The number of aryl methyl sites for hydroxylation is 2. The minimum Gasteiger partial charge on any atom is -0.295 e. The smallest absolute Gasteiger partial charge is 0.234 e. The largest absolute Gasteiger partial charge is 0.295 e. The van der Waals surface area contributed by atoms with E-state index < -0.39 is 0 Å². The van der Waals surface area contributed by atoms with Crippen LogP contribution in [0.4, 0.5) is 0 Å². The highest BCUT2D eigenvalue weighted by Gasteiger charge is 2.10. The highest BCUT2D eigenvalue weighted by Crippen LogP contribution is 2.25. The van der Waals surface area contributed by atoms with Crippen molar-refractivity contribution in [2.45, 2.75) is 24.8 Å². The van der Waals surface area contributed by atoms with Crippen LogP contribution >= 0.6 is 23.4 Å². The van der Waals surface area contributed by atoms with Gasteiger partial charge in [0.25, 0.3) is 0 Å². The van der Waals surface area contributed by atoms with E-state index in [1.165, 1.54) is 0 Å². The zero-order chi connectivity index (χ0) is 17.4. The van der Waals surface area contributed by atoms with E-state index in [0.717, 1.165) is 39.5 Å². The van der Waals surface area contributed by atoms with Crippen LogP contribution in [-0.4, -0.2) is 23.9 Å². The fraction of sp³-hybridized carbons (Fsp3) is 0.167. The van der Waals surface area contributed by atoms with Gasteiger partial charge in [-0.1, -0.05) is 29.4 Å². The third kappa shape index (κ3) is 3.27. The van der Waals surface area contributed by atoms with Gasteiger partial charge in [0.05, 0.1) is 5.69 Å². The number of benzene rings is 1. The Labute approximate surface area is 154 Å². The molecule has 0 unspecified atom stereocenters. The molecule has 0 spiro atoms. The summed E-state index contributed by atoms with van der Waals surface area (Å²) in [5.41, 5.74) is 4.08. The van der Waals surface area contributed by atoms with Crippen molar-refractivity contribution >= 4 is 29.1 Å². The van der Waals surface area contributed by atoms with E-state index in [1.807, 2.05) is 52.6 Å². The summed E-state index contributed by atoms with van der Waals surface area (Å²) in [7, 11) is 0. The summed E-state index contributed by atoms with van der Waals surface area (Å²) in [5.74, 6) is 1.46. The van der Waals surface area contributed by atoms with E-state index in [1.54, 1.807) is 18.0 Å². The third-order valence-corrected chi connectivity index (χ3v) is 5.09. The average Bonchev–Trinajstić information content (AvgIpc) is 3.19. The molecule has 7 heteroatoms. The van der Waals surface area contributed by atoms with Gasteiger partial charge in [-0.25, -0.2) is 15.0 Å². The molecule has 126 valence electrons. The molecular formula is C18H16ClN5S. The Hall–Kier alpha value is -2.31. The van der Waals surface area contributed by atoms with E-state index in [2.05, 4.69) is 27.9 Å². The Bertz CT molecular complexity index is 1050. The highest BCUT2D eigenvalue weighted by atomic mass is 35.5. The van der Waals surface area contributed by atoms with Crippen molar-refractivity contribution in [3.8, 4) is 5.69 Å². The molecule has 0 radical (unpaired) electrons. The lowest BCUT2D eigenvalue weighted by atomic mass is 10.3. The van der Waals surface area contributed by atoms with Gasteiger partial charge in [0.1, 0.15) is 0 Å². The number of rotatable bonds is 4. The number of thioether (sulfide) groups is 1. The Balaban J connectivity index is 1.58. The average molecular weight is 370 g/mol. The van der Waals surface area contributed by atoms with Gasteiger partial charge < -0.3 is 0 Å². The van der Waals surface area contributed by atoms with Crippen LogP contribution < -0.4 is 0 Å². The van der Waals surface area contributed by atoms with Crippen LogP contribution in [0.25, 0.3) is 11.5 Å². The first kappa shape index (κ1) is 16.2. The normalized spacial score (nSPS) is 11.3. The van der Waals surface area contributed by atoms with Crippen LogP contribution in [0.1, 0.15) is 17.1 Å². The monoisotopic (exact) mass is 369 g/mol. The van der Waals surface area contributed by atoms with E-state index in [4.69, 9.17) is 11.6 Å². The molecule has 0 bridgehead atoms. The lowest BCUT2D eigenvalue weighted by Crippen LogP contribution is -1.95. The molecule has 0 amide bonds. The first-order chi connectivity index (χ1) is 12.1. The van der Waals surface area contributed by atoms with Crippen molar-refractivity contribution in [1.82, 2.24) is 23.9 Å². The Morgan fingerprint density at radius 1 is 1.16 bits per heavy atom. The van der Waals surface area contributed by atoms with Crippen molar-refractivity contribution in [2.75, 3.05) is 0 Å². The summed E-state index contributed by atoms with van der Waals surface area (Å²) in [6.07, 6.45) is 5.77. The predicted molar refractivity (Wildman–Crippen MR) is 101 cm³/mol. The SMILES string of the molecule is Cc1cc(C)n2cc(CSc3nccn3-c3cccc(Cl)c3)nc2n1. The van der Waals surface area contributed by atoms with Crippen LogP contribution in [-0.2, 0) is 5.75 Å². The standard InChI is InChI=1S/C18H16ClN5S/c1-12-8-13(2)24-10-15(22-17(24)21-12)11-25-18-20-6-7-23(18)16-5-3-4-14(19)9-16/h3-10H,11H2,1-2H3. The van der Waals surface area contributed by atoms with Crippen molar-refractivity contribution < 1.29 is 0 Å². The molecule has 0 fully saturated rings. The lowest BCUT2D eigenvalue weighted by molar-refractivity contribution is 0.894. The molecule has 0 aliphatic carbocycles. The van der Waals surface area contributed by atoms with E-state index in [0.29, 0.717) is 5.02 Å². The molecule has 4 aromatic rings. The molecule has 1 aromatic carbocycles. The molecule has 3 heterocycles. The molecule has 25 heavy (non-hydrogen) atoms. The van der Waals surface area contributed by atoms with E-state index in [9.17, 15) is 0 Å². The second kappa shape index (κ2) is 6.54. The molecule has 0 N–H and O–H groups in total. The Morgan fingerprint density at radius 2 is 2.04 bits per heavy atom. The number of fused-ring (bicyclic) bond motifs is 1. The second-order valence-electron chi connectivity index (χ2n) is 5.79. The molecule has 0 saturated heterocycles. The maximum Gasteiger partial charge on any atom is 0.234 e. The number of halogens is 1. The van der Waals surface area contributed by atoms with E-state index >= 15 is 0 Å². The summed E-state index contributed by atoms with van der Waals surface area (Å²) < 4.78 is 4.05. The summed E-state index contributed by atoms with van der Waals surface area (Å²) in [4.78, 5) is 13.6. The topological polar surface area (TPSA) is 48.0 Å². The van der Waals surface area contributed by atoms with Gasteiger partial charge in [-0.2, -0.15) is 0 Å². The van der Waals surface area contributed by atoms with Crippen molar-refractivity contribution in [3.05, 3.63) is 71.0 Å². The number of hydrogen-bond acceptors (Lipinski definition) is 4. The second-order valence-corrected chi connectivity index (χ2v) is 7.17. The Kier molecular flexibility index (Phi) is 4.23. The fourth-order valence-corrected chi connectivity index (χ4v) is 3.79. The van der Waals surface area contributed by atoms with Gasteiger partial charge in [-0.3, -0.25) is 8.97 Å². The number of aromatic nitrogens is 5. The zero-order valence-electron chi connectivity index (χ0n) is 13.8. The van der Waals surface area contributed by atoms with Crippen LogP contribution in [0.5, 0.6) is 0 Å². The minimum atomic E-state index is 0.708. The predicted octanol–water partition coefficient (Wildman–Crippen LogP) is 4.48. The van der Waals surface area contributed by atoms with Crippen molar-refractivity contribution in [1.29, 1.82) is 0 Å². The van der Waals surface area contributed by atoms with Gasteiger partial charge in [-0.15, -0.1) is 0 Å². The number of imidazole rings is 2. The minimum absolute atomic E-state index is 0.708. The number of nitrogens with zero attached hydrogens (tertiary/aromatic N) is 5. The van der Waals surface area contributed by atoms with Gasteiger partial charge >= 0.3 is 0 Å². The summed E-state index contributed by atoms with van der Waals surface area (Å²) in [6.45, 7) is 4.05. The molecule has 0 atom stereocenters. The first-order valence-electron chi connectivity index (χ1n) is 7.84. The van der Waals surface area contributed by atoms with Crippen LogP contribution in [0.15, 0.2) is 54.1 Å². The van der Waals surface area contributed by atoms with Gasteiger partial charge in [-0.05, 0) is 38.1 Å². The van der Waals surface area contributed by atoms with Gasteiger partial charge in [0, 0.05) is 46.4 Å².